The van der Waals surface area contributed by atoms with E-state index >= 15 is 0 Å². The van der Waals surface area contributed by atoms with E-state index in [2.05, 4.69) is 24.8 Å². The lowest BCUT2D eigenvalue weighted by molar-refractivity contribution is 0.0917. The Morgan fingerprint density at radius 2 is 1.69 bits per heavy atom. The van der Waals surface area contributed by atoms with Crippen LogP contribution >= 0.6 is 11.3 Å². The summed E-state index contributed by atoms with van der Waals surface area (Å²) in [6.07, 6.45) is 1.44. The van der Waals surface area contributed by atoms with E-state index in [0.717, 1.165) is 46.1 Å². The monoisotopic (exact) mass is 445 g/mol. The van der Waals surface area contributed by atoms with E-state index in [1.54, 1.807) is 11.3 Å². The van der Waals surface area contributed by atoms with Crippen LogP contribution in [-0.2, 0) is 11.2 Å². The van der Waals surface area contributed by atoms with Crippen molar-refractivity contribution < 1.29 is 14.3 Å². The minimum atomic E-state index is -0.0698. The van der Waals surface area contributed by atoms with Crippen molar-refractivity contribution >= 4 is 27.9 Å². The maximum absolute atomic E-state index is 13.1. The van der Waals surface area contributed by atoms with Gasteiger partial charge in [-0.1, -0.05) is 62.4 Å². The van der Waals surface area contributed by atoms with Crippen LogP contribution in [0.2, 0.25) is 0 Å². The van der Waals surface area contributed by atoms with Crippen molar-refractivity contribution in [2.75, 3.05) is 31.2 Å². The number of benzene rings is 2. The second-order valence-electron chi connectivity index (χ2n) is 9.41. The van der Waals surface area contributed by atoms with E-state index < -0.39 is 0 Å². The molecular formula is C27H27NO3S. The predicted octanol–water partition coefficient (Wildman–Crippen LogP) is 5.64. The smallest absolute Gasteiger partial charge is 0.193 e. The largest absolute Gasteiger partial charge is 0.378 e. The van der Waals surface area contributed by atoms with Gasteiger partial charge in [0.1, 0.15) is 0 Å². The quantitative estimate of drug-likeness (QED) is 0.488. The Morgan fingerprint density at radius 1 is 0.969 bits per heavy atom. The normalized spacial score (nSPS) is 17.8. The molecule has 0 spiro atoms. The number of ketones is 2. The minimum Gasteiger partial charge on any atom is -0.378 e. The van der Waals surface area contributed by atoms with Crippen molar-refractivity contribution in [3.63, 3.8) is 0 Å². The molecule has 1 aliphatic carbocycles. The van der Waals surface area contributed by atoms with Gasteiger partial charge in [0, 0.05) is 36.2 Å². The summed E-state index contributed by atoms with van der Waals surface area (Å²) in [5.74, 6) is 0.249. The number of nitrogens with zero attached hydrogens (tertiary/aromatic N) is 1. The summed E-state index contributed by atoms with van der Waals surface area (Å²) in [5, 5.41) is 1.13. The Morgan fingerprint density at radius 3 is 2.44 bits per heavy atom. The molecule has 4 nitrogen and oxygen atoms in total. The summed E-state index contributed by atoms with van der Waals surface area (Å²) in [7, 11) is 0. The lowest BCUT2D eigenvalue weighted by atomic mass is 9.75. The minimum absolute atomic E-state index is 0.0147. The molecule has 0 bridgehead atoms. The SMILES string of the molecule is CC1(C)CC(=O)c2sc(N3CCOCC3)c(-c3cccc(C(=O)c4ccccc4)c3)c2C1. The average Bonchev–Trinajstić information content (AvgIpc) is 3.18. The molecule has 5 rings (SSSR count). The Hall–Kier alpha value is -2.76. The molecule has 2 heterocycles. The molecule has 2 aromatic carbocycles. The fourth-order valence-corrected chi connectivity index (χ4v) is 6.09. The van der Waals surface area contributed by atoms with Crippen molar-refractivity contribution in [1.29, 1.82) is 0 Å². The lowest BCUT2D eigenvalue weighted by Crippen LogP contribution is -2.36. The molecule has 0 radical (unpaired) electrons. The molecule has 32 heavy (non-hydrogen) atoms. The third kappa shape index (κ3) is 3.91. The molecule has 164 valence electrons. The molecule has 3 aromatic rings. The van der Waals surface area contributed by atoms with Gasteiger partial charge in [-0.15, -0.1) is 11.3 Å². The summed E-state index contributed by atoms with van der Waals surface area (Å²) in [6, 6.07) is 17.3. The number of hydrogen-bond acceptors (Lipinski definition) is 5. The number of ether oxygens (including phenoxy) is 1. The highest BCUT2D eigenvalue weighted by atomic mass is 32.1. The molecule has 2 aliphatic rings. The van der Waals surface area contributed by atoms with Crippen LogP contribution in [0.15, 0.2) is 54.6 Å². The van der Waals surface area contributed by atoms with Gasteiger partial charge in [0.05, 0.1) is 23.1 Å². The van der Waals surface area contributed by atoms with Crippen molar-refractivity contribution in [3.05, 3.63) is 76.2 Å². The highest BCUT2D eigenvalue weighted by molar-refractivity contribution is 7.19. The fourth-order valence-electron chi connectivity index (χ4n) is 4.76. The number of carbonyl (C=O) groups excluding carboxylic acids is 2. The van der Waals surface area contributed by atoms with Crippen LogP contribution in [0.5, 0.6) is 0 Å². The molecule has 0 unspecified atom stereocenters. The van der Waals surface area contributed by atoms with E-state index in [0.29, 0.717) is 30.8 Å². The molecule has 1 fully saturated rings. The van der Waals surface area contributed by atoms with Crippen molar-refractivity contribution in [2.24, 2.45) is 5.41 Å². The highest BCUT2D eigenvalue weighted by Gasteiger charge is 2.37. The van der Waals surface area contributed by atoms with Crippen molar-refractivity contribution in [1.82, 2.24) is 0 Å². The van der Waals surface area contributed by atoms with E-state index in [1.807, 2.05) is 48.5 Å². The number of thiophene rings is 1. The molecule has 0 atom stereocenters. The number of anilines is 1. The second-order valence-corrected chi connectivity index (χ2v) is 10.4. The number of hydrogen-bond donors (Lipinski definition) is 0. The number of morpholine rings is 1. The molecule has 0 N–H and O–H groups in total. The number of fused-ring (bicyclic) bond motifs is 1. The molecule has 1 saturated heterocycles. The number of rotatable bonds is 4. The molecule has 0 saturated carbocycles. The zero-order valence-corrected chi connectivity index (χ0v) is 19.3. The van der Waals surface area contributed by atoms with Gasteiger partial charge in [-0.3, -0.25) is 9.59 Å². The zero-order chi connectivity index (χ0) is 22.3. The van der Waals surface area contributed by atoms with Crippen LogP contribution in [0.1, 0.15) is 51.4 Å². The maximum atomic E-state index is 13.1. The summed E-state index contributed by atoms with van der Waals surface area (Å²) >= 11 is 1.62. The van der Waals surface area contributed by atoms with Crippen LogP contribution in [0, 0.1) is 5.41 Å². The summed E-state index contributed by atoms with van der Waals surface area (Å²) in [4.78, 5) is 29.4. The average molecular weight is 446 g/mol. The van der Waals surface area contributed by atoms with Gasteiger partial charge in [0.15, 0.2) is 11.6 Å². The Balaban J connectivity index is 1.64. The number of Topliss-reactive ketones (excluding diaryl/α,β-unsaturated/α-hetero) is 1. The third-order valence-electron chi connectivity index (χ3n) is 6.28. The van der Waals surface area contributed by atoms with Gasteiger partial charge in [0.2, 0.25) is 0 Å². The van der Waals surface area contributed by atoms with Gasteiger partial charge in [0.25, 0.3) is 0 Å². The third-order valence-corrected chi connectivity index (χ3v) is 7.62. The van der Waals surface area contributed by atoms with Gasteiger partial charge >= 0.3 is 0 Å². The van der Waals surface area contributed by atoms with E-state index in [9.17, 15) is 9.59 Å². The summed E-state index contributed by atoms with van der Waals surface area (Å²) < 4.78 is 5.57. The molecule has 1 aromatic heterocycles. The van der Waals surface area contributed by atoms with Crippen molar-refractivity contribution in [3.8, 4) is 11.1 Å². The van der Waals surface area contributed by atoms with Gasteiger partial charge in [-0.25, -0.2) is 0 Å². The summed E-state index contributed by atoms with van der Waals surface area (Å²) in [6.45, 7) is 7.33. The van der Waals surface area contributed by atoms with E-state index in [-0.39, 0.29) is 17.0 Å². The van der Waals surface area contributed by atoms with Crippen LogP contribution < -0.4 is 4.90 Å². The first-order chi connectivity index (χ1) is 15.4. The Bertz CT molecular complexity index is 1170. The van der Waals surface area contributed by atoms with Crippen LogP contribution in [0.25, 0.3) is 11.1 Å². The Kier molecular flexibility index (Phi) is 5.48. The van der Waals surface area contributed by atoms with Crippen LogP contribution in [0.4, 0.5) is 5.00 Å². The predicted molar refractivity (Wildman–Crippen MR) is 129 cm³/mol. The highest BCUT2D eigenvalue weighted by Crippen LogP contribution is 2.49. The van der Waals surface area contributed by atoms with E-state index in [4.69, 9.17) is 4.74 Å². The zero-order valence-electron chi connectivity index (χ0n) is 18.5. The molecule has 0 amide bonds. The topological polar surface area (TPSA) is 46.6 Å². The lowest BCUT2D eigenvalue weighted by Gasteiger charge is -2.30. The van der Waals surface area contributed by atoms with E-state index in [1.165, 1.54) is 0 Å². The summed E-state index contributed by atoms with van der Waals surface area (Å²) in [5.41, 5.74) is 4.55. The number of carbonyl (C=O) groups is 2. The molecular weight excluding hydrogens is 418 g/mol. The second kappa shape index (κ2) is 8.30. The van der Waals surface area contributed by atoms with Gasteiger partial charge in [-0.2, -0.15) is 0 Å². The first-order valence-corrected chi connectivity index (χ1v) is 12.0. The maximum Gasteiger partial charge on any atom is 0.193 e. The molecule has 1 aliphatic heterocycles. The van der Waals surface area contributed by atoms with Gasteiger partial charge < -0.3 is 9.64 Å². The first-order valence-electron chi connectivity index (χ1n) is 11.1. The Labute approximate surface area is 192 Å². The fraction of sp³-hybridized carbons (Fsp3) is 0.333. The first kappa shape index (κ1) is 21.1. The molecule has 5 heteroatoms. The van der Waals surface area contributed by atoms with Gasteiger partial charge in [-0.05, 0) is 29.0 Å². The van der Waals surface area contributed by atoms with Crippen LogP contribution in [-0.4, -0.2) is 37.9 Å². The standard InChI is InChI=1S/C27H27NO3S/c1-27(2)16-21-23(26(28-11-13-31-14-12-28)32-25(21)22(29)17-27)19-9-6-10-20(15-19)24(30)18-7-4-3-5-8-18/h3-10,15H,11-14,16-17H2,1-2H3. The van der Waals surface area contributed by atoms with Crippen molar-refractivity contribution in [2.45, 2.75) is 26.7 Å². The van der Waals surface area contributed by atoms with Crippen LogP contribution in [0.3, 0.4) is 0 Å².